The van der Waals surface area contributed by atoms with Gasteiger partial charge in [0, 0.05) is 25.6 Å². The molecule has 1 fully saturated rings. The van der Waals surface area contributed by atoms with Crippen molar-refractivity contribution in [2.75, 3.05) is 13.1 Å². The summed E-state index contributed by atoms with van der Waals surface area (Å²) in [6.07, 6.45) is 2.90. The summed E-state index contributed by atoms with van der Waals surface area (Å²) < 4.78 is 0. The highest BCUT2D eigenvalue weighted by molar-refractivity contribution is 5.77. The summed E-state index contributed by atoms with van der Waals surface area (Å²) in [5.74, 6) is 0.272. The van der Waals surface area contributed by atoms with Crippen molar-refractivity contribution in [2.24, 2.45) is 5.73 Å². The second kappa shape index (κ2) is 3.72. The molecule has 0 radical (unpaired) electrons. The fourth-order valence-electron chi connectivity index (χ4n) is 1.42. The quantitative estimate of drug-likeness (QED) is 0.627. The van der Waals surface area contributed by atoms with Crippen LogP contribution in [-0.2, 0) is 4.79 Å². The summed E-state index contributed by atoms with van der Waals surface area (Å²) in [6.45, 7) is 3.48. The minimum Gasteiger partial charge on any atom is -0.339 e. The third kappa shape index (κ3) is 1.93. The average Bonchev–Trinajstić information content (AvgIpc) is 2.04. The predicted molar refractivity (Wildman–Crippen MR) is 44.1 cm³/mol. The molecule has 3 nitrogen and oxygen atoms in total. The molecule has 3 heteroatoms. The zero-order valence-corrected chi connectivity index (χ0v) is 7.05. The highest BCUT2D eigenvalue weighted by Gasteiger charge is 2.21. The summed E-state index contributed by atoms with van der Waals surface area (Å²) in [4.78, 5) is 13.2. The highest BCUT2D eigenvalue weighted by Crippen LogP contribution is 2.12. The Morgan fingerprint density at radius 2 is 2.36 bits per heavy atom. The topological polar surface area (TPSA) is 46.3 Å². The summed E-state index contributed by atoms with van der Waals surface area (Å²) in [7, 11) is 0. The SMILES string of the molecule is C[C@H](CN)N1CCCCC1=O. The van der Waals surface area contributed by atoms with Gasteiger partial charge >= 0.3 is 0 Å². The molecule has 0 bridgehead atoms. The van der Waals surface area contributed by atoms with Crippen LogP contribution in [0.5, 0.6) is 0 Å². The molecule has 0 aliphatic carbocycles. The van der Waals surface area contributed by atoms with E-state index in [4.69, 9.17) is 5.73 Å². The number of piperidine rings is 1. The lowest BCUT2D eigenvalue weighted by Crippen LogP contribution is -2.45. The van der Waals surface area contributed by atoms with E-state index in [0.717, 1.165) is 19.4 Å². The van der Waals surface area contributed by atoms with Crippen molar-refractivity contribution in [3.63, 3.8) is 0 Å². The summed E-state index contributed by atoms with van der Waals surface area (Å²) in [5.41, 5.74) is 5.47. The van der Waals surface area contributed by atoms with Crippen LogP contribution >= 0.6 is 0 Å². The molecule has 0 aromatic rings. The van der Waals surface area contributed by atoms with Gasteiger partial charge in [0.25, 0.3) is 0 Å². The average molecular weight is 156 g/mol. The Kier molecular flexibility index (Phi) is 2.88. The van der Waals surface area contributed by atoms with E-state index in [0.29, 0.717) is 13.0 Å². The molecule has 0 unspecified atom stereocenters. The zero-order valence-electron chi connectivity index (χ0n) is 7.05. The van der Waals surface area contributed by atoms with Gasteiger partial charge in [-0.3, -0.25) is 4.79 Å². The number of nitrogens with zero attached hydrogens (tertiary/aromatic N) is 1. The van der Waals surface area contributed by atoms with Crippen molar-refractivity contribution in [1.29, 1.82) is 0 Å². The number of carbonyl (C=O) groups excluding carboxylic acids is 1. The highest BCUT2D eigenvalue weighted by atomic mass is 16.2. The lowest BCUT2D eigenvalue weighted by molar-refractivity contribution is -0.135. The van der Waals surface area contributed by atoms with Crippen molar-refractivity contribution in [3.8, 4) is 0 Å². The normalized spacial score (nSPS) is 22.0. The first-order valence-electron chi connectivity index (χ1n) is 4.25. The summed E-state index contributed by atoms with van der Waals surface area (Å²) in [6, 6.07) is 0.225. The van der Waals surface area contributed by atoms with Crippen LogP contribution in [0.3, 0.4) is 0 Å². The first-order valence-corrected chi connectivity index (χ1v) is 4.25. The number of nitrogens with two attached hydrogens (primary N) is 1. The van der Waals surface area contributed by atoms with Gasteiger partial charge in [-0.25, -0.2) is 0 Å². The van der Waals surface area contributed by atoms with E-state index in [1.165, 1.54) is 0 Å². The molecular formula is C8H16N2O. The van der Waals surface area contributed by atoms with E-state index in [9.17, 15) is 4.79 Å². The molecular weight excluding hydrogens is 140 g/mol. The first kappa shape index (κ1) is 8.53. The van der Waals surface area contributed by atoms with E-state index in [1.807, 2.05) is 11.8 Å². The second-order valence-electron chi connectivity index (χ2n) is 3.13. The largest absolute Gasteiger partial charge is 0.339 e. The third-order valence-corrected chi connectivity index (χ3v) is 2.23. The smallest absolute Gasteiger partial charge is 0.222 e. The molecule has 64 valence electrons. The van der Waals surface area contributed by atoms with Gasteiger partial charge in [0.05, 0.1) is 0 Å². The van der Waals surface area contributed by atoms with Gasteiger partial charge in [-0.1, -0.05) is 0 Å². The number of amides is 1. The lowest BCUT2D eigenvalue weighted by Gasteiger charge is -2.31. The van der Waals surface area contributed by atoms with Gasteiger partial charge in [-0.2, -0.15) is 0 Å². The fraction of sp³-hybridized carbons (Fsp3) is 0.875. The van der Waals surface area contributed by atoms with Crippen molar-refractivity contribution < 1.29 is 4.79 Å². The van der Waals surface area contributed by atoms with Crippen LogP contribution in [0.4, 0.5) is 0 Å². The molecule has 0 saturated carbocycles. The van der Waals surface area contributed by atoms with Crippen LogP contribution < -0.4 is 5.73 Å². The number of carbonyl (C=O) groups is 1. The number of rotatable bonds is 2. The third-order valence-electron chi connectivity index (χ3n) is 2.23. The second-order valence-corrected chi connectivity index (χ2v) is 3.13. The number of hydrogen-bond acceptors (Lipinski definition) is 2. The molecule has 11 heavy (non-hydrogen) atoms. The Balaban J connectivity index is 2.47. The van der Waals surface area contributed by atoms with E-state index in [2.05, 4.69) is 0 Å². The van der Waals surface area contributed by atoms with Crippen LogP contribution in [0.1, 0.15) is 26.2 Å². The number of likely N-dealkylation sites (tertiary alicyclic amines) is 1. The maximum absolute atomic E-state index is 11.3. The predicted octanol–water partition coefficient (Wildman–Crippen LogP) is 0.346. The molecule has 0 spiro atoms. The number of hydrogen-bond donors (Lipinski definition) is 1. The van der Waals surface area contributed by atoms with Gasteiger partial charge in [0.1, 0.15) is 0 Å². The van der Waals surface area contributed by atoms with Gasteiger partial charge in [0.15, 0.2) is 0 Å². The van der Waals surface area contributed by atoms with Crippen molar-refractivity contribution in [2.45, 2.75) is 32.2 Å². The Hall–Kier alpha value is -0.570. The molecule has 1 aliphatic rings. The van der Waals surface area contributed by atoms with Gasteiger partial charge < -0.3 is 10.6 Å². The Morgan fingerprint density at radius 3 is 2.91 bits per heavy atom. The van der Waals surface area contributed by atoms with Crippen molar-refractivity contribution in [1.82, 2.24) is 4.90 Å². The minimum absolute atomic E-state index is 0.225. The fourth-order valence-corrected chi connectivity index (χ4v) is 1.42. The minimum atomic E-state index is 0.225. The summed E-state index contributed by atoms with van der Waals surface area (Å²) >= 11 is 0. The van der Waals surface area contributed by atoms with E-state index in [-0.39, 0.29) is 11.9 Å². The molecule has 1 rings (SSSR count). The molecule has 0 aromatic heterocycles. The molecule has 1 amide bonds. The molecule has 1 aliphatic heterocycles. The van der Waals surface area contributed by atoms with Crippen LogP contribution in [0.2, 0.25) is 0 Å². The molecule has 1 atom stereocenters. The van der Waals surface area contributed by atoms with Gasteiger partial charge in [-0.15, -0.1) is 0 Å². The van der Waals surface area contributed by atoms with Crippen LogP contribution in [0.25, 0.3) is 0 Å². The molecule has 0 aromatic carbocycles. The Morgan fingerprint density at radius 1 is 1.64 bits per heavy atom. The van der Waals surface area contributed by atoms with Crippen LogP contribution in [0.15, 0.2) is 0 Å². The lowest BCUT2D eigenvalue weighted by atomic mass is 10.1. The first-order chi connectivity index (χ1) is 5.25. The zero-order chi connectivity index (χ0) is 8.27. The maximum Gasteiger partial charge on any atom is 0.222 e. The molecule has 1 saturated heterocycles. The monoisotopic (exact) mass is 156 g/mol. The standard InChI is InChI=1S/C8H16N2O/c1-7(6-9)10-5-3-2-4-8(10)11/h7H,2-6,9H2,1H3/t7-/m1/s1. The van der Waals surface area contributed by atoms with E-state index in [1.54, 1.807) is 0 Å². The van der Waals surface area contributed by atoms with Crippen molar-refractivity contribution in [3.05, 3.63) is 0 Å². The summed E-state index contributed by atoms with van der Waals surface area (Å²) in [5, 5.41) is 0. The molecule has 2 N–H and O–H groups in total. The van der Waals surface area contributed by atoms with E-state index < -0.39 is 0 Å². The van der Waals surface area contributed by atoms with Crippen LogP contribution in [0, 0.1) is 0 Å². The Labute approximate surface area is 67.5 Å². The Bertz CT molecular complexity index is 147. The van der Waals surface area contributed by atoms with E-state index >= 15 is 0 Å². The maximum atomic E-state index is 11.3. The van der Waals surface area contributed by atoms with Gasteiger partial charge in [0.2, 0.25) is 5.91 Å². The molecule has 1 heterocycles. The van der Waals surface area contributed by atoms with Gasteiger partial charge in [-0.05, 0) is 19.8 Å². The van der Waals surface area contributed by atoms with Crippen molar-refractivity contribution >= 4 is 5.91 Å². The van der Waals surface area contributed by atoms with Crippen LogP contribution in [-0.4, -0.2) is 29.9 Å².